The van der Waals surface area contributed by atoms with E-state index in [0.717, 1.165) is 0 Å². The van der Waals surface area contributed by atoms with Gasteiger partial charge in [-0.25, -0.2) is 4.98 Å². The summed E-state index contributed by atoms with van der Waals surface area (Å²) >= 11 is 3.12. The molecule has 0 aromatic carbocycles. The summed E-state index contributed by atoms with van der Waals surface area (Å²) in [5.74, 6) is 0.311. The molecule has 5 nitrogen and oxygen atoms in total. The summed E-state index contributed by atoms with van der Waals surface area (Å²) in [5.41, 5.74) is 0.230. The topological polar surface area (TPSA) is 68.0 Å². The molecule has 0 bridgehead atoms. The van der Waals surface area contributed by atoms with Crippen molar-refractivity contribution >= 4 is 27.0 Å². The van der Waals surface area contributed by atoms with Crippen LogP contribution in [0.25, 0.3) is 11.0 Å². The van der Waals surface area contributed by atoms with Crippen molar-refractivity contribution in [2.24, 2.45) is 7.05 Å². The van der Waals surface area contributed by atoms with Gasteiger partial charge < -0.3 is 5.11 Å². The number of aromatic nitrogens is 3. The van der Waals surface area contributed by atoms with Crippen molar-refractivity contribution in [2.75, 3.05) is 0 Å². The Labute approximate surface area is 93.5 Å². The van der Waals surface area contributed by atoms with Crippen LogP contribution in [0.3, 0.4) is 0 Å². The number of aromatic hydroxyl groups is 1. The summed E-state index contributed by atoms with van der Waals surface area (Å²) in [6.45, 7) is 1.66. The third-order valence-electron chi connectivity index (χ3n) is 2.11. The lowest BCUT2D eigenvalue weighted by atomic mass is 10.3. The Kier molecular flexibility index (Phi) is 2.22. The maximum Gasteiger partial charge on any atom is 0.266 e. The number of hydrogen-bond acceptors (Lipinski definition) is 4. The molecular formula is C9H8BrN3O2. The molecule has 0 aliphatic carbocycles. The number of pyridine rings is 1. The molecule has 2 aromatic rings. The number of aryl methyl sites for hydroxylation is 2. The van der Waals surface area contributed by atoms with Gasteiger partial charge in [-0.1, -0.05) is 0 Å². The molecule has 0 aliphatic heterocycles. The van der Waals surface area contributed by atoms with Crippen molar-refractivity contribution in [3.8, 4) is 5.88 Å². The second-order valence-corrected chi connectivity index (χ2v) is 4.04. The van der Waals surface area contributed by atoms with Gasteiger partial charge >= 0.3 is 0 Å². The smallest absolute Gasteiger partial charge is 0.266 e. The van der Waals surface area contributed by atoms with E-state index < -0.39 is 0 Å². The van der Waals surface area contributed by atoms with Gasteiger partial charge in [0, 0.05) is 7.05 Å². The van der Waals surface area contributed by atoms with Crippen molar-refractivity contribution in [1.82, 2.24) is 14.5 Å². The highest BCUT2D eigenvalue weighted by Crippen LogP contribution is 2.21. The lowest BCUT2D eigenvalue weighted by Crippen LogP contribution is -2.18. The van der Waals surface area contributed by atoms with Crippen molar-refractivity contribution in [1.29, 1.82) is 0 Å². The van der Waals surface area contributed by atoms with Crippen LogP contribution >= 0.6 is 15.9 Å². The SMILES string of the molecule is Cc1nc(O)c2cc(Br)c(=O)n(C)c2n1. The minimum absolute atomic E-state index is 0.117. The minimum Gasteiger partial charge on any atom is -0.493 e. The highest BCUT2D eigenvalue weighted by atomic mass is 79.9. The fourth-order valence-electron chi connectivity index (χ4n) is 1.38. The summed E-state index contributed by atoms with van der Waals surface area (Å²) in [4.78, 5) is 19.5. The van der Waals surface area contributed by atoms with Gasteiger partial charge in [-0.15, -0.1) is 0 Å². The normalized spacial score (nSPS) is 10.9. The van der Waals surface area contributed by atoms with E-state index in [1.54, 1.807) is 14.0 Å². The summed E-state index contributed by atoms with van der Waals surface area (Å²) in [6.07, 6.45) is 0. The lowest BCUT2D eigenvalue weighted by molar-refractivity contribution is 0.457. The van der Waals surface area contributed by atoms with Crippen LogP contribution < -0.4 is 5.56 Å². The van der Waals surface area contributed by atoms with Crippen LogP contribution in [0.4, 0.5) is 0 Å². The molecule has 1 N–H and O–H groups in total. The largest absolute Gasteiger partial charge is 0.493 e. The molecular weight excluding hydrogens is 262 g/mol. The monoisotopic (exact) mass is 269 g/mol. The third kappa shape index (κ3) is 1.50. The van der Waals surface area contributed by atoms with Gasteiger partial charge in [0.15, 0.2) is 0 Å². The molecule has 0 saturated carbocycles. The molecule has 0 fully saturated rings. The highest BCUT2D eigenvalue weighted by molar-refractivity contribution is 9.10. The van der Waals surface area contributed by atoms with Crippen molar-refractivity contribution in [3.63, 3.8) is 0 Å². The van der Waals surface area contributed by atoms with E-state index in [2.05, 4.69) is 25.9 Å². The van der Waals surface area contributed by atoms with E-state index in [1.807, 2.05) is 0 Å². The number of nitrogens with zero attached hydrogens (tertiary/aromatic N) is 3. The second-order valence-electron chi connectivity index (χ2n) is 3.19. The van der Waals surface area contributed by atoms with Crippen LogP contribution in [-0.4, -0.2) is 19.6 Å². The average Bonchev–Trinajstić information content (AvgIpc) is 2.17. The van der Waals surface area contributed by atoms with Crippen LogP contribution in [0.15, 0.2) is 15.3 Å². The number of halogens is 1. The zero-order valence-electron chi connectivity index (χ0n) is 8.15. The minimum atomic E-state index is -0.194. The predicted molar refractivity (Wildman–Crippen MR) is 58.9 cm³/mol. The first-order valence-electron chi connectivity index (χ1n) is 4.23. The number of hydrogen-bond donors (Lipinski definition) is 1. The van der Waals surface area contributed by atoms with E-state index in [-0.39, 0.29) is 11.4 Å². The Hall–Kier alpha value is -1.43. The molecule has 15 heavy (non-hydrogen) atoms. The van der Waals surface area contributed by atoms with Gasteiger partial charge in [-0.3, -0.25) is 9.36 Å². The quantitative estimate of drug-likeness (QED) is 0.778. The molecule has 2 rings (SSSR count). The Morgan fingerprint density at radius 1 is 1.47 bits per heavy atom. The molecule has 0 amide bonds. The van der Waals surface area contributed by atoms with Gasteiger partial charge in [0.05, 0.1) is 9.86 Å². The number of rotatable bonds is 0. The van der Waals surface area contributed by atoms with Crippen LogP contribution in [0.5, 0.6) is 5.88 Å². The summed E-state index contributed by atoms with van der Waals surface area (Å²) in [7, 11) is 1.60. The Balaban J connectivity index is 3.05. The molecule has 2 aromatic heterocycles. The zero-order chi connectivity index (χ0) is 11.2. The molecule has 6 heteroatoms. The molecule has 0 radical (unpaired) electrons. The summed E-state index contributed by atoms with van der Waals surface area (Å²) in [6, 6.07) is 1.52. The van der Waals surface area contributed by atoms with Crippen molar-refractivity contribution in [3.05, 3.63) is 26.7 Å². The Morgan fingerprint density at radius 3 is 2.80 bits per heavy atom. The zero-order valence-corrected chi connectivity index (χ0v) is 9.74. The molecule has 2 heterocycles. The molecule has 0 aliphatic rings. The van der Waals surface area contributed by atoms with E-state index in [9.17, 15) is 9.90 Å². The van der Waals surface area contributed by atoms with Crippen LogP contribution in [-0.2, 0) is 7.05 Å². The molecule has 0 unspecified atom stereocenters. The van der Waals surface area contributed by atoms with E-state index >= 15 is 0 Å². The Morgan fingerprint density at radius 2 is 2.13 bits per heavy atom. The van der Waals surface area contributed by atoms with E-state index in [1.165, 1.54) is 10.6 Å². The summed E-state index contributed by atoms with van der Waals surface area (Å²) < 4.78 is 1.74. The highest BCUT2D eigenvalue weighted by Gasteiger charge is 2.10. The van der Waals surface area contributed by atoms with Gasteiger partial charge in [-0.2, -0.15) is 4.98 Å². The van der Waals surface area contributed by atoms with Gasteiger partial charge in [-0.05, 0) is 28.9 Å². The first-order chi connectivity index (χ1) is 7.00. The Bertz CT molecular complexity index is 606. The molecule has 0 spiro atoms. The van der Waals surface area contributed by atoms with Crippen LogP contribution in [0.1, 0.15) is 5.82 Å². The molecule has 0 saturated heterocycles. The van der Waals surface area contributed by atoms with Gasteiger partial charge in [0.1, 0.15) is 11.5 Å². The fourth-order valence-corrected chi connectivity index (χ4v) is 1.88. The van der Waals surface area contributed by atoms with Crippen LogP contribution in [0, 0.1) is 6.92 Å². The molecule has 0 atom stereocenters. The first-order valence-corrected chi connectivity index (χ1v) is 5.03. The summed E-state index contributed by atoms with van der Waals surface area (Å²) in [5, 5.41) is 10.1. The first kappa shape index (κ1) is 10.1. The van der Waals surface area contributed by atoms with E-state index in [4.69, 9.17) is 0 Å². The van der Waals surface area contributed by atoms with E-state index in [0.29, 0.717) is 21.3 Å². The fraction of sp³-hybridized carbons (Fsp3) is 0.222. The predicted octanol–water partition coefficient (Wildman–Crippen LogP) is 1.11. The van der Waals surface area contributed by atoms with Crippen molar-refractivity contribution in [2.45, 2.75) is 6.92 Å². The number of fused-ring (bicyclic) bond motifs is 1. The van der Waals surface area contributed by atoms with Crippen molar-refractivity contribution < 1.29 is 5.11 Å². The standard InChI is InChI=1S/C9H8BrN3O2/c1-4-11-7-5(8(14)12-4)3-6(10)9(15)13(7)2/h3H,1-2H3,(H,11,12,14). The average molecular weight is 270 g/mol. The van der Waals surface area contributed by atoms with Crippen LogP contribution in [0.2, 0.25) is 0 Å². The van der Waals surface area contributed by atoms with Gasteiger partial charge in [0.25, 0.3) is 5.56 Å². The third-order valence-corrected chi connectivity index (χ3v) is 2.68. The maximum absolute atomic E-state index is 11.6. The van der Waals surface area contributed by atoms with Gasteiger partial charge in [0.2, 0.25) is 5.88 Å². The lowest BCUT2D eigenvalue weighted by Gasteiger charge is -2.06. The molecule has 78 valence electrons. The maximum atomic E-state index is 11.6. The second kappa shape index (κ2) is 3.30.